The topological polar surface area (TPSA) is 61.4 Å². The highest BCUT2D eigenvalue weighted by molar-refractivity contribution is 6.30. The molecule has 5 nitrogen and oxygen atoms in total. The zero-order valence-electron chi connectivity index (χ0n) is 18.3. The van der Waals surface area contributed by atoms with E-state index in [1.54, 1.807) is 24.3 Å². The number of nitrogens with one attached hydrogen (secondary N) is 2. The van der Waals surface area contributed by atoms with Crippen molar-refractivity contribution in [3.8, 4) is 0 Å². The molecule has 166 valence electrons. The van der Waals surface area contributed by atoms with Crippen molar-refractivity contribution in [2.24, 2.45) is 0 Å². The average molecular weight is 450 g/mol. The fraction of sp³-hybridized carbons (Fsp3) is 0.231. The van der Waals surface area contributed by atoms with Gasteiger partial charge in [-0.1, -0.05) is 54.1 Å². The molecule has 0 aromatic heterocycles. The van der Waals surface area contributed by atoms with Crippen molar-refractivity contribution >= 4 is 29.1 Å². The number of halogens is 1. The van der Waals surface area contributed by atoms with Crippen molar-refractivity contribution in [3.05, 3.63) is 101 Å². The Morgan fingerprint density at radius 1 is 0.875 bits per heavy atom. The van der Waals surface area contributed by atoms with E-state index in [-0.39, 0.29) is 11.8 Å². The van der Waals surface area contributed by atoms with Crippen LogP contribution in [-0.4, -0.2) is 43.4 Å². The van der Waals surface area contributed by atoms with E-state index in [4.69, 9.17) is 11.6 Å². The van der Waals surface area contributed by atoms with Crippen molar-refractivity contribution in [1.29, 1.82) is 0 Å². The van der Waals surface area contributed by atoms with Crippen molar-refractivity contribution in [1.82, 2.24) is 10.2 Å². The van der Waals surface area contributed by atoms with Gasteiger partial charge in [0.2, 0.25) is 5.91 Å². The second kappa shape index (κ2) is 11.5. The van der Waals surface area contributed by atoms with E-state index in [0.717, 1.165) is 18.5 Å². The lowest BCUT2D eigenvalue weighted by atomic mass is 10.0. The summed E-state index contributed by atoms with van der Waals surface area (Å²) in [6, 6.07) is 23.3. The maximum absolute atomic E-state index is 13.1. The second-order valence-corrected chi connectivity index (χ2v) is 8.40. The van der Waals surface area contributed by atoms with Crippen LogP contribution in [0, 0.1) is 0 Å². The molecule has 0 aliphatic carbocycles. The Morgan fingerprint density at radius 2 is 1.53 bits per heavy atom. The number of benzene rings is 3. The Morgan fingerprint density at radius 3 is 2.16 bits per heavy atom. The van der Waals surface area contributed by atoms with Gasteiger partial charge in [-0.15, -0.1) is 0 Å². The van der Waals surface area contributed by atoms with Crippen LogP contribution in [0.25, 0.3) is 0 Å². The molecule has 0 spiro atoms. The summed E-state index contributed by atoms with van der Waals surface area (Å²) in [5, 5.41) is 6.35. The molecule has 3 aromatic rings. The highest BCUT2D eigenvalue weighted by Gasteiger charge is 2.22. The molecule has 0 aliphatic rings. The zero-order valence-corrected chi connectivity index (χ0v) is 19.1. The van der Waals surface area contributed by atoms with Gasteiger partial charge in [0, 0.05) is 29.2 Å². The summed E-state index contributed by atoms with van der Waals surface area (Å²) in [4.78, 5) is 28.0. The highest BCUT2D eigenvalue weighted by Crippen LogP contribution is 2.14. The SMILES string of the molecule is CN(C)CCc1ccc(NC(=O)C(Cc2ccccc2)NC(=O)c2ccc(Cl)cc2)cc1. The Hall–Kier alpha value is -3.15. The van der Waals surface area contributed by atoms with Gasteiger partial charge in [-0.05, 0) is 68.0 Å². The van der Waals surface area contributed by atoms with Crippen LogP contribution in [0.2, 0.25) is 5.02 Å². The maximum Gasteiger partial charge on any atom is 0.251 e. The van der Waals surface area contributed by atoms with E-state index in [1.807, 2.05) is 68.7 Å². The fourth-order valence-corrected chi connectivity index (χ4v) is 3.36. The van der Waals surface area contributed by atoms with Gasteiger partial charge in [-0.3, -0.25) is 9.59 Å². The number of carbonyl (C=O) groups excluding carboxylic acids is 2. The van der Waals surface area contributed by atoms with Gasteiger partial charge in [0.15, 0.2) is 0 Å². The number of rotatable bonds is 9. The Bertz CT molecular complexity index is 1020. The van der Waals surface area contributed by atoms with Crippen molar-refractivity contribution in [3.63, 3.8) is 0 Å². The highest BCUT2D eigenvalue weighted by atomic mass is 35.5. The third-order valence-electron chi connectivity index (χ3n) is 5.08. The van der Waals surface area contributed by atoms with E-state index in [1.165, 1.54) is 5.56 Å². The number of anilines is 1. The molecule has 0 saturated carbocycles. The van der Waals surface area contributed by atoms with Crippen molar-refractivity contribution in [2.75, 3.05) is 26.0 Å². The molecule has 2 amide bonds. The van der Waals surface area contributed by atoms with Crippen molar-refractivity contribution in [2.45, 2.75) is 18.9 Å². The largest absolute Gasteiger partial charge is 0.340 e. The molecule has 0 radical (unpaired) electrons. The lowest BCUT2D eigenvalue weighted by Crippen LogP contribution is -2.45. The van der Waals surface area contributed by atoms with E-state index >= 15 is 0 Å². The molecule has 0 heterocycles. The maximum atomic E-state index is 13.1. The molecule has 0 saturated heterocycles. The molecule has 0 fully saturated rings. The molecule has 0 aliphatic heterocycles. The molecule has 1 unspecified atom stereocenters. The first-order valence-electron chi connectivity index (χ1n) is 10.6. The van der Waals surface area contributed by atoms with Gasteiger partial charge in [0.05, 0.1) is 0 Å². The van der Waals surface area contributed by atoms with Crippen LogP contribution in [0.1, 0.15) is 21.5 Å². The summed E-state index contributed by atoms with van der Waals surface area (Å²) in [5.74, 6) is -0.589. The Labute approximate surface area is 194 Å². The van der Waals surface area contributed by atoms with Gasteiger partial charge in [-0.25, -0.2) is 0 Å². The molecule has 32 heavy (non-hydrogen) atoms. The van der Waals surface area contributed by atoms with Gasteiger partial charge in [0.1, 0.15) is 6.04 Å². The van der Waals surface area contributed by atoms with E-state index < -0.39 is 6.04 Å². The summed E-state index contributed by atoms with van der Waals surface area (Å²) in [7, 11) is 4.08. The number of carbonyl (C=O) groups is 2. The number of nitrogens with zero attached hydrogens (tertiary/aromatic N) is 1. The van der Waals surface area contributed by atoms with E-state index in [0.29, 0.717) is 22.7 Å². The van der Waals surface area contributed by atoms with Gasteiger partial charge in [-0.2, -0.15) is 0 Å². The zero-order chi connectivity index (χ0) is 22.9. The predicted octanol–water partition coefficient (Wildman–Crippen LogP) is 4.42. The minimum atomic E-state index is -0.728. The van der Waals surface area contributed by atoms with Crippen LogP contribution in [0.15, 0.2) is 78.9 Å². The average Bonchev–Trinajstić information content (AvgIpc) is 2.79. The first-order valence-corrected chi connectivity index (χ1v) is 10.9. The van der Waals surface area contributed by atoms with Gasteiger partial charge in [0.25, 0.3) is 5.91 Å². The summed E-state index contributed by atoms with van der Waals surface area (Å²) in [6.07, 6.45) is 1.32. The Balaban J connectivity index is 1.71. The molecule has 1 atom stereocenters. The molecule has 2 N–H and O–H groups in total. The summed E-state index contributed by atoms with van der Waals surface area (Å²) in [5.41, 5.74) is 3.31. The smallest absolute Gasteiger partial charge is 0.251 e. The summed E-state index contributed by atoms with van der Waals surface area (Å²) >= 11 is 5.92. The molecular weight excluding hydrogens is 422 g/mol. The van der Waals surface area contributed by atoms with Crippen LogP contribution in [0.3, 0.4) is 0 Å². The van der Waals surface area contributed by atoms with Crippen LogP contribution >= 0.6 is 11.6 Å². The van der Waals surface area contributed by atoms with Crippen LogP contribution in [0.4, 0.5) is 5.69 Å². The minimum Gasteiger partial charge on any atom is -0.340 e. The molecule has 3 aromatic carbocycles. The molecule has 6 heteroatoms. The number of hydrogen-bond acceptors (Lipinski definition) is 3. The predicted molar refractivity (Wildman–Crippen MR) is 130 cm³/mol. The molecule has 3 rings (SSSR count). The minimum absolute atomic E-state index is 0.266. The van der Waals surface area contributed by atoms with E-state index in [2.05, 4.69) is 15.5 Å². The molecular formula is C26H28ClN3O2. The number of amides is 2. The van der Waals surface area contributed by atoms with Crippen LogP contribution in [0.5, 0.6) is 0 Å². The number of hydrogen-bond donors (Lipinski definition) is 2. The standard InChI is InChI=1S/C26H28ClN3O2/c1-30(2)17-16-19-8-14-23(15-9-19)28-26(32)24(18-20-6-4-3-5-7-20)29-25(31)21-10-12-22(27)13-11-21/h3-15,24H,16-18H2,1-2H3,(H,28,32)(H,29,31). The first kappa shape index (κ1) is 23.5. The van der Waals surface area contributed by atoms with Crippen molar-refractivity contribution < 1.29 is 9.59 Å². The monoisotopic (exact) mass is 449 g/mol. The first-order chi connectivity index (χ1) is 15.4. The summed E-state index contributed by atoms with van der Waals surface area (Å²) in [6.45, 7) is 0.960. The van der Waals surface area contributed by atoms with Crippen LogP contribution < -0.4 is 10.6 Å². The van der Waals surface area contributed by atoms with E-state index in [9.17, 15) is 9.59 Å². The Kier molecular flexibility index (Phi) is 8.42. The second-order valence-electron chi connectivity index (χ2n) is 7.96. The van der Waals surface area contributed by atoms with Gasteiger partial charge < -0.3 is 15.5 Å². The lowest BCUT2D eigenvalue weighted by Gasteiger charge is -2.19. The normalized spacial score (nSPS) is 11.8. The number of likely N-dealkylation sites (N-methyl/N-ethyl adjacent to an activating group) is 1. The third-order valence-corrected chi connectivity index (χ3v) is 5.33. The van der Waals surface area contributed by atoms with Gasteiger partial charge >= 0.3 is 0 Å². The molecule has 0 bridgehead atoms. The lowest BCUT2D eigenvalue weighted by molar-refractivity contribution is -0.118. The quantitative estimate of drug-likeness (QED) is 0.508. The third kappa shape index (κ3) is 7.22. The summed E-state index contributed by atoms with van der Waals surface area (Å²) < 4.78 is 0. The van der Waals surface area contributed by atoms with Crippen LogP contribution in [-0.2, 0) is 17.6 Å². The fourth-order valence-electron chi connectivity index (χ4n) is 3.24.